The van der Waals surface area contributed by atoms with E-state index < -0.39 is 0 Å². The molecule has 4 heteroatoms. The largest absolute Gasteiger partial charge is 0.330 e. The van der Waals surface area contributed by atoms with Crippen LogP contribution in [0.15, 0.2) is 40.5 Å². The van der Waals surface area contributed by atoms with Crippen molar-refractivity contribution in [3.8, 4) is 6.07 Å². The van der Waals surface area contributed by atoms with E-state index in [2.05, 4.69) is 22.9 Å². The minimum Gasteiger partial charge on any atom is -0.330 e. The fourth-order valence-electron chi connectivity index (χ4n) is 4.02. The molecule has 1 saturated carbocycles. The Morgan fingerprint density at radius 1 is 1.23 bits per heavy atom. The molecule has 1 aliphatic heterocycles. The first-order valence-corrected chi connectivity index (χ1v) is 9.77. The molecule has 0 amide bonds. The Morgan fingerprint density at radius 2 is 1.96 bits per heavy atom. The van der Waals surface area contributed by atoms with Gasteiger partial charge in [0.25, 0.3) is 0 Å². The quantitative estimate of drug-likeness (QED) is 0.679. The first kappa shape index (κ1) is 18.4. The smallest absolute Gasteiger partial charge is 0.168 e. The first-order chi connectivity index (χ1) is 12.7. The molecule has 0 atom stereocenters. The number of amidine groups is 1. The van der Waals surface area contributed by atoms with Crippen LogP contribution in [0.5, 0.6) is 0 Å². The maximum absolute atomic E-state index is 11.4. The minimum atomic E-state index is 0.596. The van der Waals surface area contributed by atoms with Crippen molar-refractivity contribution < 1.29 is 4.79 Å². The number of nitrogens with zero attached hydrogens (tertiary/aromatic N) is 3. The van der Waals surface area contributed by atoms with Gasteiger partial charge in [0.1, 0.15) is 11.5 Å². The minimum absolute atomic E-state index is 0.596. The van der Waals surface area contributed by atoms with Crippen LogP contribution in [-0.2, 0) is 4.79 Å². The van der Waals surface area contributed by atoms with E-state index in [0.717, 1.165) is 55.1 Å². The number of hydrogen-bond donors (Lipinski definition) is 0. The third-order valence-electron chi connectivity index (χ3n) is 5.63. The molecule has 136 valence electrons. The Labute approximate surface area is 156 Å². The van der Waals surface area contributed by atoms with E-state index in [0.29, 0.717) is 11.3 Å². The second-order valence-electron chi connectivity index (χ2n) is 7.27. The normalized spacial score (nSPS) is 17.8. The molecule has 0 unspecified atom stereocenters. The zero-order valence-electron chi connectivity index (χ0n) is 15.6. The lowest BCUT2D eigenvalue weighted by molar-refractivity contribution is -0.105. The maximum atomic E-state index is 11.4. The van der Waals surface area contributed by atoms with Crippen LogP contribution in [0.3, 0.4) is 0 Å². The Balaban J connectivity index is 1.79. The molecule has 4 nitrogen and oxygen atoms in total. The number of nitriles is 1. The van der Waals surface area contributed by atoms with Gasteiger partial charge < -0.3 is 4.90 Å². The fraction of sp³-hybridized carbons (Fsp3) is 0.500. The van der Waals surface area contributed by atoms with Crippen LogP contribution in [0.2, 0.25) is 0 Å². The molecule has 1 fully saturated rings. The molecule has 1 aromatic rings. The summed E-state index contributed by atoms with van der Waals surface area (Å²) in [5, 5.41) is 9.05. The average Bonchev–Trinajstić information content (AvgIpc) is 3.12. The Hall–Kier alpha value is -2.41. The average molecular weight is 349 g/mol. The molecular weight excluding hydrogens is 322 g/mol. The summed E-state index contributed by atoms with van der Waals surface area (Å²) in [5.74, 6) is 1.75. The fourth-order valence-corrected chi connectivity index (χ4v) is 4.02. The summed E-state index contributed by atoms with van der Waals surface area (Å²) in [6.07, 6.45) is 10.3. The summed E-state index contributed by atoms with van der Waals surface area (Å²) in [5.41, 5.74) is 3.43. The zero-order chi connectivity index (χ0) is 18.4. The van der Waals surface area contributed by atoms with Gasteiger partial charge in [-0.2, -0.15) is 5.26 Å². The number of carbonyl (C=O) groups is 1. The van der Waals surface area contributed by atoms with E-state index in [1.54, 1.807) is 0 Å². The van der Waals surface area contributed by atoms with Crippen LogP contribution in [0.4, 0.5) is 5.69 Å². The number of aliphatic imine (C=N–C) groups is 1. The molecule has 0 spiro atoms. The van der Waals surface area contributed by atoms with Crippen LogP contribution in [-0.4, -0.2) is 18.7 Å². The second kappa shape index (κ2) is 8.80. The van der Waals surface area contributed by atoms with Crippen molar-refractivity contribution in [2.24, 2.45) is 10.9 Å². The first-order valence-electron chi connectivity index (χ1n) is 9.77. The van der Waals surface area contributed by atoms with Crippen molar-refractivity contribution in [1.29, 1.82) is 5.26 Å². The van der Waals surface area contributed by atoms with Gasteiger partial charge in [-0.25, -0.2) is 4.99 Å². The van der Waals surface area contributed by atoms with Crippen LogP contribution >= 0.6 is 0 Å². The monoisotopic (exact) mass is 349 g/mol. The predicted molar refractivity (Wildman–Crippen MR) is 105 cm³/mol. The molecule has 0 aromatic heterocycles. The standard InChI is InChI=1S/C22H27N3O/c1-2-19-14-22(24-21(19)16-26)25(13-12-17-6-4-3-5-7-17)20-10-8-18(15-23)9-11-20/h8-11,16-17H,2-7,12-14H2,1H3. The molecular formula is C22H27N3O. The third kappa shape index (κ3) is 4.22. The van der Waals surface area contributed by atoms with Crippen molar-refractivity contribution in [3.05, 3.63) is 41.1 Å². The van der Waals surface area contributed by atoms with Crippen molar-refractivity contribution in [2.75, 3.05) is 11.4 Å². The summed E-state index contributed by atoms with van der Waals surface area (Å²) >= 11 is 0. The highest BCUT2D eigenvalue weighted by atomic mass is 16.1. The van der Waals surface area contributed by atoms with Gasteiger partial charge in [0, 0.05) is 18.7 Å². The van der Waals surface area contributed by atoms with Gasteiger partial charge in [0.05, 0.1) is 11.6 Å². The van der Waals surface area contributed by atoms with E-state index in [-0.39, 0.29) is 0 Å². The predicted octanol–water partition coefficient (Wildman–Crippen LogP) is 5.00. The molecule has 26 heavy (non-hydrogen) atoms. The summed E-state index contributed by atoms with van der Waals surface area (Å²) in [6, 6.07) is 9.87. The number of aldehydes is 1. The third-order valence-corrected chi connectivity index (χ3v) is 5.63. The lowest BCUT2D eigenvalue weighted by atomic mass is 9.87. The van der Waals surface area contributed by atoms with E-state index >= 15 is 0 Å². The summed E-state index contributed by atoms with van der Waals surface area (Å²) < 4.78 is 0. The number of rotatable bonds is 6. The van der Waals surface area contributed by atoms with Crippen molar-refractivity contribution in [3.63, 3.8) is 0 Å². The van der Waals surface area contributed by atoms with Crippen LogP contribution in [0.25, 0.3) is 0 Å². The van der Waals surface area contributed by atoms with E-state index in [1.165, 1.54) is 32.1 Å². The topological polar surface area (TPSA) is 56.5 Å². The Kier molecular flexibility index (Phi) is 6.22. The molecule has 0 saturated heterocycles. The van der Waals surface area contributed by atoms with Crippen LogP contribution in [0, 0.1) is 17.2 Å². The molecule has 1 heterocycles. The molecule has 2 aliphatic rings. The lowest BCUT2D eigenvalue weighted by Crippen LogP contribution is -2.32. The summed E-state index contributed by atoms with van der Waals surface area (Å²) in [6.45, 7) is 2.99. The van der Waals surface area contributed by atoms with Gasteiger partial charge in [0.2, 0.25) is 0 Å². The van der Waals surface area contributed by atoms with Gasteiger partial charge in [-0.3, -0.25) is 4.79 Å². The van der Waals surface area contributed by atoms with E-state index in [9.17, 15) is 4.79 Å². The van der Waals surface area contributed by atoms with E-state index in [1.807, 2.05) is 24.3 Å². The number of allylic oxidation sites excluding steroid dienone is 1. The maximum Gasteiger partial charge on any atom is 0.168 e. The van der Waals surface area contributed by atoms with Gasteiger partial charge in [-0.15, -0.1) is 0 Å². The van der Waals surface area contributed by atoms with Crippen molar-refractivity contribution in [2.45, 2.75) is 58.3 Å². The molecule has 0 N–H and O–H groups in total. The van der Waals surface area contributed by atoms with Crippen molar-refractivity contribution >= 4 is 17.8 Å². The van der Waals surface area contributed by atoms with Gasteiger partial charge in [-0.1, -0.05) is 39.0 Å². The molecule has 1 aromatic carbocycles. The SMILES string of the molecule is CCC1=C(C=O)N=C(N(CCC2CCCCC2)c2ccc(C#N)cc2)C1. The highest BCUT2D eigenvalue weighted by Gasteiger charge is 2.24. The van der Waals surface area contributed by atoms with Gasteiger partial charge in [0.15, 0.2) is 6.29 Å². The second-order valence-corrected chi connectivity index (χ2v) is 7.27. The molecule has 1 aliphatic carbocycles. The summed E-state index contributed by atoms with van der Waals surface area (Å²) in [4.78, 5) is 18.2. The van der Waals surface area contributed by atoms with E-state index in [4.69, 9.17) is 5.26 Å². The number of benzene rings is 1. The number of anilines is 1. The zero-order valence-corrected chi connectivity index (χ0v) is 15.6. The van der Waals surface area contributed by atoms with Crippen LogP contribution < -0.4 is 4.90 Å². The lowest BCUT2D eigenvalue weighted by Gasteiger charge is -2.29. The molecule has 3 rings (SSSR count). The highest BCUT2D eigenvalue weighted by Crippen LogP contribution is 2.30. The Bertz CT molecular complexity index is 734. The molecule has 0 bridgehead atoms. The Morgan fingerprint density at radius 3 is 2.54 bits per heavy atom. The van der Waals surface area contributed by atoms with Crippen LogP contribution in [0.1, 0.15) is 63.9 Å². The molecule has 0 radical (unpaired) electrons. The summed E-state index contributed by atoms with van der Waals surface area (Å²) in [7, 11) is 0. The van der Waals surface area contributed by atoms with Gasteiger partial charge in [-0.05, 0) is 48.6 Å². The highest BCUT2D eigenvalue weighted by molar-refractivity contribution is 6.04. The van der Waals surface area contributed by atoms with Gasteiger partial charge >= 0.3 is 0 Å². The van der Waals surface area contributed by atoms with Crippen molar-refractivity contribution in [1.82, 2.24) is 0 Å². The number of carbonyl (C=O) groups excluding carboxylic acids is 1. The number of hydrogen-bond acceptors (Lipinski definition) is 4.